The Morgan fingerprint density at radius 3 is 2.17 bits per heavy atom. The molecule has 24 heavy (non-hydrogen) atoms. The first-order valence-electron chi connectivity index (χ1n) is 8.03. The second kappa shape index (κ2) is 10.6. The van der Waals surface area contributed by atoms with Gasteiger partial charge in [-0.3, -0.25) is 9.59 Å². The van der Waals surface area contributed by atoms with Gasteiger partial charge in [0.25, 0.3) is 0 Å². The molecule has 2 aromatic rings. The van der Waals surface area contributed by atoms with Crippen LogP contribution in [0.15, 0.2) is 48.5 Å². The molecule has 1 N–H and O–H groups in total. The molecule has 0 heterocycles. The fourth-order valence-electron chi connectivity index (χ4n) is 2.11. The number of benzene rings is 2. The first-order valence-corrected chi connectivity index (χ1v) is 8.41. The number of carboxylic acids is 1. The molecule has 0 radical (unpaired) electrons. The van der Waals surface area contributed by atoms with Crippen LogP contribution in [0.3, 0.4) is 0 Å². The molecule has 0 amide bonds. The SMILES string of the molecule is CCCCCC(=O)O.Cc1ccccc1C(=O)c1ccc(Cl)cc1. The van der Waals surface area contributed by atoms with E-state index < -0.39 is 5.97 Å². The van der Waals surface area contributed by atoms with E-state index in [1.807, 2.05) is 31.2 Å². The van der Waals surface area contributed by atoms with Gasteiger partial charge in [-0.15, -0.1) is 0 Å². The van der Waals surface area contributed by atoms with Crippen LogP contribution in [-0.2, 0) is 4.79 Å². The second-order valence-electron chi connectivity index (χ2n) is 5.50. The van der Waals surface area contributed by atoms with Crippen LogP contribution in [0.2, 0.25) is 5.02 Å². The van der Waals surface area contributed by atoms with Crippen LogP contribution >= 0.6 is 11.6 Å². The van der Waals surface area contributed by atoms with Crippen molar-refractivity contribution in [3.63, 3.8) is 0 Å². The number of unbranched alkanes of at least 4 members (excludes halogenated alkanes) is 2. The third-order valence-corrected chi connectivity index (χ3v) is 3.74. The highest BCUT2D eigenvalue weighted by Crippen LogP contribution is 2.16. The molecule has 128 valence electrons. The summed E-state index contributed by atoms with van der Waals surface area (Å²) in [5, 5.41) is 8.78. The van der Waals surface area contributed by atoms with Crippen molar-refractivity contribution in [2.45, 2.75) is 39.5 Å². The van der Waals surface area contributed by atoms with Crippen molar-refractivity contribution in [1.29, 1.82) is 0 Å². The lowest BCUT2D eigenvalue weighted by molar-refractivity contribution is -0.137. The number of carbonyl (C=O) groups excluding carboxylic acids is 1. The number of aryl methyl sites for hydroxylation is 1. The van der Waals surface area contributed by atoms with Crippen molar-refractivity contribution in [3.05, 3.63) is 70.2 Å². The van der Waals surface area contributed by atoms with Gasteiger partial charge in [-0.05, 0) is 43.2 Å². The normalized spacial score (nSPS) is 9.79. The maximum Gasteiger partial charge on any atom is 0.303 e. The van der Waals surface area contributed by atoms with E-state index in [-0.39, 0.29) is 5.78 Å². The quantitative estimate of drug-likeness (QED) is 0.552. The lowest BCUT2D eigenvalue weighted by atomic mass is 9.99. The number of rotatable bonds is 6. The van der Waals surface area contributed by atoms with Gasteiger partial charge in [0.2, 0.25) is 0 Å². The Hall–Kier alpha value is -2.13. The molecule has 0 bridgehead atoms. The van der Waals surface area contributed by atoms with Gasteiger partial charge in [0.1, 0.15) is 0 Å². The van der Waals surface area contributed by atoms with Gasteiger partial charge in [0, 0.05) is 22.6 Å². The third kappa shape index (κ3) is 6.97. The highest BCUT2D eigenvalue weighted by molar-refractivity contribution is 6.30. The molecule has 0 saturated heterocycles. The average Bonchev–Trinajstić information content (AvgIpc) is 2.56. The predicted octanol–water partition coefficient (Wildman–Crippen LogP) is 5.53. The van der Waals surface area contributed by atoms with E-state index in [0.29, 0.717) is 17.0 Å². The first kappa shape index (κ1) is 19.9. The number of aliphatic carboxylic acids is 1. The van der Waals surface area contributed by atoms with Crippen molar-refractivity contribution < 1.29 is 14.7 Å². The van der Waals surface area contributed by atoms with Crippen molar-refractivity contribution in [3.8, 4) is 0 Å². The van der Waals surface area contributed by atoms with E-state index in [1.165, 1.54) is 0 Å². The molecule has 0 aromatic heterocycles. The number of carboxylic acid groups (broad SMARTS) is 1. The van der Waals surface area contributed by atoms with Crippen molar-refractivity contribution in [2.24, 2.45) is 0 Å². The lowest BCUT2D eigenvalue weighted by Gasteiger charge is -2.04. The summed E-state index contributed by atoms with van der Waals surface area (Å²) >= 11 is 5.78. The molecule has 0 atom stereocenters. The first-order chi connectivity index (χ1) is 11.5. The van der Waals surface area contributed by atoms with Gasteiger partial charge in [0.15, 0.2) is 5.78 Å². The van der Waals surface area contributed by atoms with Crippen LogP contribution in [0, 0.1) is 6.92 Å². The molecule has 0 fully saturated rings. The molecule has 0 saturated carbocycles. The molecule has 0 unspecified atom stereocenters. The Kier molecular flexibility index (Phi) is 8.80. The van der Waals surface area contributed by atoms with Gasteiger partial charge in [-0.25, -0.2) is 0 Å². The Balaban J connectivity index is 0.000000307. The highest BCUT2D eigenvalue weighted by atomic mass is 35.5. The van der Waals surface area contributed by atoms with E-state index in [4.69, 9.17) is 16.7 Å². The minimum Gasteiger partial charge on any atom is -0.481 e. The molecular formula is C20H23ClO3. The Labute approximate surface area is 148 Å². The Bertz CT molecular complexity index is 663. The summed E-state index contributed by atoms with van der Waals surface area (Å²) in [7, 11) is 0. The zero-order valence-electron chi connectivity index (χ0n) is 14.1. The third-order valence-electron chi connectivity index (χ3n) is 3.49. The number of hydrogen-bond donors (Lipinski definition) is 1. The number of ketones is 1. The van der Waals surface area contributed by atoms with Gasteiger partial charge in [-0.1, -0.05) is 55.6 Å². The predicted molar refractivity (Wildman–Crippen MR) is 97.8 cm³/mol. The number of halogens is 1. The number of hydrogen-bond acceptors (Lipinski definition) is 2. The summed E-state index contributed by atoms with van der Waals surface area (Å²) < 4.78 is 0. The summed E-state index contributed by atoms with van der Waals surface area (Å²) in [4.78, 5) is 22.0. The van der Waals surface area contributed by atoms with Crippen LogP contribution in [0.25, 0.3) is 0 Å². The van der Waals surface area contributed by atoms with Crippen molar-refractivity contribution in [2.75, 3.05) is 0 Å². The van der Waals surface area contributed by atoms with Crippen molar-refractivity contribution >= 4 is 23.4 Å². The molecule has 0 aliphatic carbocycles. The van der Waals surface area contributed by atoms with Crippen LogP contribution in [0.4, 0.5) is 0 Å². The minimum atomic E-state index is -0.682. The lowest BCUT2D eigenvalue weighted by Crippen LogP contribution is -2.02. The van der Waals surface area contributed by atoms with Gasteiger partial charge in [0.05, 0.1) is 0 Å². The Morgan fingerprint density at radius 2 is 1.62 bits per heavy atom. The largest absolute Gasteiger partial charge is 0.481 e. The summed E-state index contributed by atoms with van der Waals surface area (Å²) in [6.45, 7) is 3.99. The van der Waals surface area contributed by atoms with E-state index in [1.54, 1.807) is 24.3 Å². The maximum absolute atomic E-state index is 12.1. The van der Waals surface area contributed by atoms with E-state index in [2.05, 4.69) is 6.92 Å². The maximum atomic E-state index is 12.1. The molecular weight excluding hydrogens is 324 g/mol. The zero-order valence-corrected chi connectivity index (χ0v) is 14.8. The zero-order chi connectivity index (χ0) is 17.9. The highest BCUT2D eigenvalue weighted by Gasteiger charge is 2.10. The smallest absolute Gasteiger partial charge is 0.303 e. The Morgan fingerprint density at radius 1 is 1.00 bits per heavy atom. The molecule has 2 aromatic carbocycles. The standard InChI is InChI=1S/C14H11ClO.C6H12O2/c1-10-4-2-3-5-13(10)14(16)11-6-8-12(15)9-7-11;1-2-3-4-5-6(7)8/h2-9H,1H3;2-5H2,1H3,(H,7,8). The van der Waals surface area contributed by atoms with Crippen LogP contribution in [-0.4, -0.2) is 16.9 Å². The fraction of sp³-hybridized carbons (Fsp3) is 0.300. The second-order valence-corrected chi connectivity index (χ2v) is 5.94. The molecule has 2 rings (SSSR count). The van der Waals surface area contributed by atoms with Gasteiger partial charge >= 0.3 is 5.97 Å². The van der Waals surface area contributed by atoms with Crippen LogP contribution in [0.1, 0.15) is 54.1 Å². The summed E-state index contributed by atoms with van der Waals surface area (Å²) in [6, 6.07) is 14.5. The van der Waals surface area contributed by atoms with E-state index in [0.717, 1.165) is 30.4 Å². The average molecular weight is 347 g/mol. The van der Waals surface area contributed by atoms with Crippen LogP contribution < -0.4 is 0 Å². The molecule has 0 spiro atoms. The summed E-state index contributed by atoms with van der Waals surface area (Å²) in [5.41, 5.74) is 2.39. The van der Waals surface area contributed by atoms with E-state index >= 15 is 0 Å². The monoisotopic (exact) mass is 346 g/mol. The molecule has 3 nitrogen and oxygen atoms in total. The summed E-state index contributed by atoms with van der Waals surface area (Å²) in [6.07, 6.45) is 3.28. The number of carbonyl (C=O) groups is 2. The minimum absolute atomic E-state index is 0.0368. The molecule has 0 aliphatic heterocycles. The summed E-state index contributed by atoms with van der Waals surface area (Å²) in [5.74, 6) is -0.645. The fourth-order valence-corrected chi connectivity index (χ4v) is 2.24. The van der Waals surface area contributed by atoms with E-state index in [9.17, 15) is 9.59 Å². The molecule has 0 aliphatic rings. The van der Waals surface area contributed by atoms with Gasteiger partial charge in [-0.2, -0.15) is 0 Å². The topological polar surface area (TPSA) is 54.4 Å². The molecule has 4 heteroatoms. The van der Waals surface area contributed by atoms with Gasteiger partial charge < -0.3 is 5.11 Å². The van der Waals surface area contributed by atoms with Crippen LogP contribution in [0.5, 0.6) is 0 Å². The van der Waals surface area contributed by atoms with Crippen molar-refractivity contribution in [1.82, 2.24) is 0 Å².